The summed E-state index contributed by atoms with van der Waals surface area (Å²) in [4.78, 5) is 8.48. The Balaban J connectivity index is 2.16. The van der Waals surface area contributed by atoms with E-state index in [1.807, 2.05) is 0 Å². The summed E-state index contributed by atoms with van der Waals surface area (Å²) in [6.45, 7) is 4.95. The van der Waals surface area contributed by atoms with Gasteiger partial charge in [0.1, 0.15) is 18.0 Å². The van der Waals surface area contributed by atoms with E-state index < -0.39 is 0 Å². The summed E-state index contributed by atoms with van der Waals surface area (Å²) in [6, 6.07) is 8.41. The standard InChI is InChI=1S/C15H21N5/c1-3-5-13-14(18-10-19-15(13)20-16)17-9-12-7-4-6-11(2)8-12/h4,6-8,10H,3,5,9,16H2,1-2H3,(H2,17,18,19,20). The fraction of sp³-hybridized carbons (Fsp3) is 0.333. The van der Waals surface area contributed by atoms with Crippen LogP contribution in [0.1, 0.15) is 30.0 Å². The summed E-state index contributed by atoms with van der Waals surface area (Å²) in [7, 11) is 0. The number of hydrogen-bond acceptors (Lipinski definition) is 5. The first kappa shape index (κ1) is 14.3. The second-order valence-electron chi connectivity index (χ2n) is 4.79. The van der Waals surface area contributed by atoms with E-state index in [0.29, 0.717) is 5.82 Å². The number of nitrogens with two attached hydrogens (primary N) is 1. The van der Waals surface area contributed by atoms with Crippen molar-refractivity contribution in [3.8, 4) is 0 Å². The SMILES string of the molecule is CCCc1c(NN)ncnc1NCc1cccc(C)c1. The predicted molar refractivity (Wildman–Crippen MR) is 82.3 cm³/mol. The lowest BCUT2D eigenvalue weighted by Gasteiger charge is -2.13. The number of benzene rings is 1. The Morgan fingerprint density at radius 2 is 2.00 bits per heavy atom. The van der Waals surface area contributed by atoms with Crippen molar-refractivity contribution in [2.75, 3.05) is 10.7 Å². The summed E-state index contributed by atoms with van der Waals surface area (Å²) >= 11 is 0. The molecule has 0 amide bonds. The summed E-state index contributed by atoms with van der Waals surface area (Å²) in [5, 5.41) is 3.37. The Morgan fingerprint density at radius 1 is 1.20 bits per heavy atom. The van der Waals surface area contributed by atoms with Crippen LogP contribution < -0.4 is 16.6 Å². The fourth-order valence-corrected chi connectivity index (χ4v) is 2.18. The van der Waals surface area contributed by atoms with Crippen LogP contribution in [0.4, 0.5) is 11.6 Å². The predicted octanol–water partition coefficient (Wildman–Crippen LogP) is 2.64. The lowest BCUT2D eigenvalue weighted by Crippen LogP contribution is -2.14. The zero-order chi connectivity index (χ0) is 14.4. The molecule has 0 unspecified atom stereocenters. The summed E-state index contributed by atoms with van der Waals surface area (Å²) in [6.07, 6.45) is 3.42. The van der Waals surface area contributed by atoms with Crippen molar-refractivity contribution < 1.29 is 0 Å². The lowest BCUT2D eigenvalue weighted by atomic mass is 10.1. The maximum atomic E-state index is 5.51. The van der Waals surface area contributed by atoms with Crippen LogP contribution in [0.5, 0.6) is 0 Å². The van der Waals surface area contributed by atoms with E-state index in [1.165, 1.54) is 17.5 Å². The summed E-state index contributed by atoms with van der Waals surface area (Å²) in [5.74, 6) is 7.04. The van der Waals surface area contributed by atoms with Gasteiger partial charge in [0.2, 0.25) is 0 Å². The van der Waals surface area contributed by atoms with Crippen molar-refractivity contribution in [2.24, 2.45) is 5.84 Å². The van der Waals surface area contributed by atoms with E-state index in [2.05, 4.69) is 58.8 Å². The molecule has 0 bridgehead atoms. The van der Waals surface area contributed by atoms with Crippen molar-refractivity contribution in [3.05, 3.63) is 47.3 Å². The largest absolute Gasteiger partial charge is 0.366 e. The monoisotopic (exact) mass is 271 g/mol. The van der Waals surface area contributed by atoms with E-state index in [4.69, 9.17) is 5.84 Å². The minimum absolute atomic E-state index is 0.689. The zero-order valence-corrected chi connectivity index (χ0v) is 12.0. The highest BCUT2D eigenvalue weighted by Gasteiger charge is 2.09. The molecule has 1 heterocycles. The van der Waals surface area contributed by atoms with E-state index >= 15 is 0 Å². The molecule has 5 nitrogen and oxygen atoms in total. The average molecular weight is 271 g/mol. The highest BCUT2D eigenvalue weighted by atomic mass is 15.3. The zero-order valence-electron chi connectivity index (χ0n) is 12.0. The van der Waals surface area contributed by atoms with Gasteiger partial charge in [-0.3, -0.25) is 0 Å². The number of aromatic nitrogens is 2. The van der Waals surface area contributed by atoms with Gasteiger partial charge in [0, 0.05) is 12.1 Å². The number of hydrazine groups is 1. The molecule has 0 radical (unpaired) electrons. The molecule has 2 rings (SSSR count). The van der Waals surface area contributed by atoms with Crippen LogP contribution in [0.3, 0.4) is 0 Å². The minimum atomic E-state index is 0.689. The third-order valence-electron chi connectivity index (χ3n) is 3.12. The normalized spacial score (nSPS) is 10.3. The van der Waals surface area contributed by atoms with Gasteiger partial charge < -0.3 is 10.7 Å². The lowest BCUT2D eigenvalue weighted by molar-refractivity contribution is 0.896. The Morgan fingerprint density at radius 3 is 2.70 bits per heavy atom. The maximum Gasteiger partial charge on any atom is 0.148 e. The third kappa shape index (κ3) is 3.45. The van der Waals surface area contributed by atoms with Gasteiger partial charge in [-0.1, -0.05) is 43.2 Å². The van der Waals surface area contributed by atoms with Crippen LogP contribution in [0, 0.1) is 6.92 Å². The first-order valence-electron chi connectivity index (χ1n) is 6.84. The first-order valence-corrected chi connectivity index (χ1v) is 6.84. The van der Waals surface area contributed by atoms with Crippen molar-refractivity contribution in [1.29, 1.82) is 0 Å². The molecule has 1 aromatic heterocycles. The van der Waals surface area contributed by atoms with E-state index in [1.54, 1.807) is 0 Å². The van der Waals surface area contributed by atoms with Crippen LogP contribution >= 0.6 is 0 Å². The number of nitrogen functional groups attached to an aromatic ring is 1. The molecular formula is C15H21N5. The molecule has 2 aromatic rings. The van der Waals surface area contributed by atoms with Crippen LogP contribution in [-0.4, -0.2) is 9.97 Å². The molecular weight excluding hydrogens is 250 g/mol. The molecule has 5 heteroatoms. The maximum absolute atomic E-state index is 5.51. The Labute approximate surface area is 119 Å². The highest BCUT2D eigenvalue weighted by Crippen LogP contribution is 2.21. The molecule has 0 saturated heterocycles. The number of nitrogens with zero attached hydrogens (tertiary/aromatic N) is 2. The van der Waals surface area contributed by atoms with E-state index in [0.717, 1.165) is 30.8 Å². The van der Waals surface area contributed by atoms with Gasteiger partial charge in [0.15, 0.2) is 0 Å². The molecule has 0 aliphatic carbocycles. The Hall–Kier alpha value is -2.14. The van der Waals surface area contributed by atoms with Crippen LogP contribution in [0.2, 0.25) is 0 Å². The van der Waals surface area contributed by atoms with Crippen molar-refractivity contribution in [1.82, 2.24) is 9.97 Å². The molecule has 0 saturated carbocycles. The second-order valence-corrected chi connectivity index (χ2v) is 4.79. The molecule has 0 fully saturated rings. The topological polar surface area (TPSA) is 75.9 Å². The van der Waals surface area contributed by atoms with Gasteiger partial charge in [-0.25, -0.2) is 15.8 Å². The molecule has 0 spiro atoms. The van der Waals surface area contributed by atoms with E-state index in [9.17, 15) is 0 Å². The van der Waals surface area contributed by atoms with Crippen LogP contribution in [0.15, 0.2) is 30.6 Å². The minimum Gasteiger partial charge on any atom is -0.366 e. The second kappa shape index (κ2) is 6.86. The van der Waals surface area contributed by atoms with Gasteiger partial charge in [-0.05, 0) is 18.9 Å². The smallest absolute Gasteiger partial charge is 0.148 e. The number of hydrogen-bond donors (Lipinski definition) is 3. The van der Waals surface area contributed by atoms with Gasteiger partial charge in [0.25, 0.3) is 0 Å². The first-order chi connectivity index (χ1) is 9.74. The summed E-state index contributed by atoms with van der Waals surface area (Å²) < 4.78 is 0. The van der Waals surface area contributed by atoms with Gasteiger partial charge >= 0.3 is 0 Å². The molecule has 0 aliphatic heterocycles. The molecule has 20 heavy (non-hydrogen) atoms. The number of anilines is 2. The van der Waals surface area contributed by atoms with Crippen molar-refractivity contribution in [3.63, 3.8) is 0 Å². The average Bonchev–Trinajstić information content (AvgIpc) is 2.46. The van der Waals surface area contributed by atoms with Crippen molar-refractivity contribution in [2.45, 2.75) is 33.2 Å². The number of nitrogens with one attached hydrogen (secondary N) is 2. The van der Waals surface area contributed by atoms with E-state index in [-0.39, 0.29) is 0 Å². The molecule has 106 valence electrons. The van der Waals surface area contributed by atoms with Crippen molar-refractivity contribution >= 4 is 11.6 Å². The third-order valence-corrected chi connectivity index (χ3v) is 3.12. The van der Waals surface area contributed by atoms with Crippen LogP contribution in [-0.2, 0) is 13.0 Å². The Kier molecular flexibility index (Phi) is 4.90. The van der Waals surface area contributed by atoms with Gasteiger partial charge in [0.05, 0.1) is 0 Å². The molecule has 0 aliphatic rings. The van der Waals surface area contributed by atoms with Gasteiger partial charge in [-0.2, -0.15) is 0 Å². The molecule has 4 N–H and O–H groups in total. The number of rotatable bonds is 6. The van der Waals surface area contributed by atoms with Gasteiger partial charge in [-0.15, -0.1) is 0 Å². The number of aryl methyl sites for hydroxylation is 1. The van der Waals surface area contributed by atoms with Crippen LogP contribution in [0.25, 0.3) is 0 Å². The quantitative estimate of drug-likeness (QED) is 0.556. The fourth-order valence-electron chi connectivity index (χ4n) is 2.18. The molecule has 1 aromatic carbocycles. The Bertz CT molecular complexity index is 568. The highest BCUT2D eigenvalue weighted by molar-refractivity contribution is 5.57. The molecule has 0 atom stereocenters. The summed E-state index contributed by atoms with van der Waals surface area (Å²) in [5.41, 5.74) is 6.15.